The number of carbonyl (C=O) groups is 1. The number of hydrogen-bond acceptors (Lipinski definition) is 4. The number of para-hydroxylation sites is 1. The minimum Gasteiger partial charge on any atom is -0.459 e. The van der Waals surface area contributed by atoms with Gasteiger partial charge in [0.05, 0.1) is 11.6 Å². The fourth-order valence-corrected chi connectivity index (χ4v) is 4.05. The van der Waals surface area contributed by atoms with Crippen LogP contribution in [0.4, 0.5) is 0 Å². The Morgan fingerprint density at radius 2 is 1.71 bits per heavy atom. The lowest BCUT2D eigenvalue weighted by Gasteiger charge is -2.23. The van der Waals surface area contributed by atoms with Gasteiger partial charge in [-0.3, -0.25) is 4.79 Å². The SMILES string of the molecule is CC(C)C(C(=O)OCc1nc(Oc2ccccc2)cc2ccccc12)C(C)C=C(Cl)Cl. The lowest BCUT2D eigenvalue weighted by Crippen LogP contribution is -2.28. The number of pyridine rings is 1. The van der Waals surface area contributed by atoms with Crippen LogP contribution in [0.2, 0.25) is 0 Å². The zero-order chi connectivity index (χ0) is 22.4. The lowest BCUT2D eigenvalue weighted by molar-refractivity contribution is -0.153. The average molecular weight is 458 g/mol. The first-order valence-electron chi connectivity index (χ1n) is 10.2. The van der Waals surface area contributed by atoms with Crippen molar-refractivity contribution in [3.63, 3.8) is 0 Å². The predicted octanol–water partition coefficient (Wildman–Crippen LogP) is 7.30. The molecular formula is C25H25Cl2NO3. The van der Waals surface area contributed by atoms with Crippen molar-refractivity contribution in [2.75, 3.05) is 0 Å². The molecule has 0 fully saturated rings. The summed E-state index contributed by atoms with van der Waals surface area (Å²) in [4.78, 5) is 17.5. The Labute approximate surface area is 192 Å². The zero-order valence-corrected chi connectivity index (χ0v) is 19.2. The third kappa shape index (κ3) is 6.22. The third-order valence-electron chi connectivity index (χ3n) is 5.06. The molecule has 0 spiro atoms. The first-order chi connectivity index (χ1) is 14.8. The Bertz CT molecular complexity index is 1060. The second-order valence-electron chi connectivity index (χ2n) is 7.74. The quantitative estimate of drug-likeness (QED) is 0.333. The van der Waals surface area contributed by atoms with Gasteiger partial charge in [-0.25, -0.2) is 4.98 Å². The van der Waals surface area contributed by atoms with E-state index in [0.717, 1.165) is 10.8 Å². The number of hydrogen-bond donors (Lipinski definition) is 0. The maximum Gasteiger partial charge on any atom is 0.310 e. The van der Waals surface area contributed by atoms with E-state index in [4.69, 9.17) is 32.7 Å². The highest BCUT2D eigenvalue weighted by Gasteiger charge is 2.29. The first kappa shape index (κ1) is 23.1. The second kappa shape index (κ2) is 10.7. The molecule has 2 unspecified atom stereocenters. The van der Waals surface area contributed by atoms with Gasteiger partial charge in [0.25, 0.3) is 0 Å². The molecule has 3 rings (SSSR count). The maximum absolute atomic E-state index is 12.9. The van der Waals surface area contributed by atoms with E-state index in [1.165, 1.54) is 0 Å². The van der Waals surface area contributed by atoms with E-state index in [9.17, 15) is 4.79 Å². The molecule has 162 valence electrons. The molecule has 1 aromatic heterocycles. The highest BCUT2D eigenvalue weighted by molar-refractivity contribution is 6.55. The number of carbonyl (C=O) groups excluding carboxylic acids is 1. The summed E-state index contributed by atoms with van der Waals surface area (Å²) in [5, 5.41) is 1.87. The molecule has 2 atom stereocenters. The molecule has 0 radical (unpaired) electrons. The fourth-order valence-electron chi connectivity index (χ4n) is 3.65. The molecule has 4 nitrogen and oxygen atoms in total. The van der Waals surface area contributed by atoms with Crippen molar-refractivity contribution < 1.29 is 14.3 Å². The van der Waals surface area contributed by atoms with E-state index < -0.39 is 0 Å². The molecule has 1 heterocycles. The minimum absolute atomic E-state index is 0.0413. The Balaban J connectivity index is 1.84. The molecule has 6 heteroatoms. The summed E-state index contributed by atoms with van der Waals surface area (Å²) in [5.74, 6) is 0.350. The summed E-state index contributed by atoms with van der Waals surface area (Å²) in [7, 11) is 0. The fraction of sp³-hybridized carbons (Fsp3) is 0.280. The largest absolute Gasteiger partial charge is 0.459 e. The Hall–Kier alpha value is -2.56. The molecule has 0 amide bonds. The van der Waals surface area contributed by atoms with E-state index in [2.05, 4.69) is 4.98 Å². The van der Waals surface area contributed by atoms with Gasteiger partial charge >= 0.3 is 5.97 Å². The van der Waals surface area contributed by atoms with Gasteiger partial charge in [0.1, 0.15) is 16.8 Å². The van der Waals surface area contributed by atoms with Crippen LogP contribution in [-0.2, 0) is 16.1 Å². The number of rotatable bonds is 8. The number of benzene rings is 2. The van der Waals surface area contributed by atoms with Crippen LogP contribution in [0.1, 0.15) is 26.5 Å². The van der Waals surface area contributed by atoms with Crippen molar-refractivity contribution in [3.05, 3.63) is 76.9 Å². The number of allylic oxidation sites excluding steroid dienone is 1. The van der Waals surface area contributed by atoms with Crippen LogP contribution < -0.4 is 4.74 Å². The Morgan fingerprint density at radius 3 is 2.39 bits per heavy atom. The highest BCUT2D eigenvalue weighted by atomic mass is 35.5. The summed E-state index contributed by atoms with van der Waals surface area (Å²) in [6, 6.07) is 19.1. The summed E-state index contributed by atoms with van der Waals surface area (Å²) < 4.78 is 11.8. The molecule has 31 heavy (non-hydrogen) atoms. The molecule has 0 N–H and O–H groups in total. The van der Waals surface area contributed by atoms with Gasteiger partial charge in [0.2, 0.25) is 5.88 Å². The van der Waals surface area contributed by atoms with Crippen LogP contribution in [0.15, 0.2) is 71.2 Å². The standard InChI is InChI=1S/C25H25Cl2NO3/c1-16(2)24(17(3)13-22(26)27)25(29)30-15-21-20-12-8-7-9-18(20)14-23(28-21)31-19-10-5-4-6-11-19/h4-14,16-17,24H,15H2,1-3H3. The Morgan fingerprint density at radius 1 is 1.03 bits per heavy atom. The van der Waals surface area contributed by atoms with Gasteiger partial charge in [0, 0.05) is 11.5 Å². The summed E-state index contributed by atoms with van der Waals surface area (Å²) >= 11 is 11.6. The molecule has 0 aliphatic heterocycles. The van der Waals surface area contributed by atoms with Gasteiger partial charge in [-0.1, -0.05) is 92.5 Å². The van der Waals surface area contributed by atoms with Crippen molar-refractivity contribution >= 4 is 39.9 Å². The second-order valence-corrected chi connectivity index (χ2v) is 8.74. The summed E-state index contributed by atoms with van der Waals surface area (Å²) in [6.45, 7) is 5.89. The van der Waals surface area contributed by atoms with Crippen LogP contribution in [0.25, 0.3) is 10.8 Å². The minimum atomic E-state index is -0.373. The van der Waals surface area contributed by atoms with Crippen molar-refractivity contribution in [1.82, 2.24) is 4.98 Å². The molecule has 0 aliphatic rings. The average Bonchev–Trinajstić information content (AvgIpc) is 2.72. The molecule has 0 saturated carbocycles. The van der Waals surface area contributed by atoms with E-state index >= 15 is 0 Å². The molecule has 2 aromatic carbocycles. The van der Waals surface area contributed by atoms with Crippen molar-refractivity contribution in [3.8, 4) is 11.6 Å². The van der Waals surface area contributed by atoms with Crippen LogP contribution in [0.3, 0.4) is 0 Å². The van der Waals surface area contributed by atoms with E-state index in [-0.39, 0.29) is 34.8 Å². The molecule has 0 bridgehead atoms. The summed E-state index contributed by atoms with van der Waals surface area (Å²) in [6.07, 6.45) is 1.66. The topological polar surface area (TPSA) is 48.4 Å². The number of halogens is 2. The van der Waals surface area contributed by atoms with Crippen molar-refractivity contribution in [2.45, 2.75) is 27.4 Å². The van der Waals surface area contributed by atoms with E-state index in [0.29, 0.717) is 17.3 Å². The van der Waals surface area contributed by atoms with E-state index in [1.807, 2.05) is 81.4 Å². The smallest absolute Gasteiger partial charge is 0.310 e. The van der Waals surface area contributed by atoms with Gasteiger partial charge in [0.15, 0.2) is 0 Å². The maximum atomic E-state index is 12.9. The predicted molar refractivity (Wildman–Crippen MR) is 125 cm³/mol. The molecule has 0 aliphatic carbocycles. The van der Waals surface area contributed by atoms with Gasteiger partial charge in [-0.15, -0.1) is 0 Å². The molecular weight excluding hydrogens is 433 g/mol. The lowest BCUT2D eigenvalue weighted by atomic mass is 9.84. The van der Waals surface area contributed by atoms with Gasteiger partial charge in [-0.2, -0.15) is 0 Å². The normalized spacial score (nSPS) is 13.0. The van der Waals surface area contributed by atoms with Crippen molar-refractivity contribution in [2.24, 2.45) is 17.8 Å². The third-order valence-corrected chi connectivity index (χ3v) is 5.31. The highest BCUT2D eigenvalue weighted by Crippen LogP contribution is 2.29. The van der Waals surface area contributed by atoms with Crippen molar-refractivity contribution in [1.29, 1.82) is 0 Å². The van der Waals surface area contributed by atoms with Crippen LogP contribution in [-0.4, -0.2) is 11.0 Å². The summed E-state index contributed by atoms with van der Waals surface area (Å²) in [5.41, 5.74) is 0.637. The number of ether oxygens (including phenoxy) is 2. The van der Waals surface area contributed by atoms with Gasteiger partial charge < -0.3 is 9.47 Å². The van der Waals surface area contributed by atoms with Crippen LogP contribution >= 0.6 is 23.2 Å². The van der Waals surface area contributed by atoms with E-state index in [1.54, 1.807) is 6.08 Å². The van der Waals surface area contributed by atoms with Crippen LogP contribution in [0.5, 0.6) is 11.6 Å². The number of fused-ring (bicyclic) bond motifs is 1. The van der Waals surface area contributed by atoms with Gasteiger partial charge in [-0.05, 0) is 29.4 Å². The molecule has 0 saturated heterocycles. The number of esters is 1. The molecule has 3 aromatic rings. The number of nitrogens with zero attached hydrogens (tertiary/aromatic N) is 1. The first-order valence-corrected chi connectivity index (χ1v) is 10.9. The van der Waals surface area contributed by atoms with Crippen LogP contribution in [0, 0.1) is 17.8 Å². The zero-order valence-electron chi connectivity index (χ0n) is 17.7. The monoisotopic (exact) mass is 457 g/mol. The Kier molecular flexibility index (Phi) is 7.94. The number of aromatic nitrogens is 1.